The number of hydrogen-bond donors (Lipinski definition) is 1. The van der Waals surface area contributed by atoms with Crippen molar-refractivity contribution in [2.45, 2.75) is 19.4 Å². The number of hydrogen-bond acceptors (Lipinski definition) is 5. The van der Waals surface area contributed by atoms with Crippen molar-refractivity contribution in [3.8, 4) is 11.7 Å². The Bertz CT molecular complexity index is 947. The fourth-order valence-electron chi connectivity index (χ4n) is 2.49. The Balaban J connectivity index is 1.81. The van der Waals surface area contributed by atoms with E-state index >= 15 is 0 Å². The SMILES string of the molecule is OCOCc1ccnc(-n2nccc2OCc2ccc(Cl)cc2C(F)(F)F)c1. The average Bonchev–Trinajstić information content (AvgIpc) is 3.13. The largest absolute Gasteiger partial charge is 0.473 e. The van der Waals surface area contributed by atoms with Crippen LogP contribution in [0.15, 0.2) is 48.8 Å². The minimum Gasteiger partial charge on any atom is -0.473 e. The van der Waals surface area contributed by atoms with E-state index in [1.54, 1.807) is 12.1 Å². The average molecular weight is 414 g/mol. The van der Waals surface area contributed by atoms with Gasteiger partial charge in [0, 0.05) is 22.8 Å². The number of aliphatic hydroxyl groups is 1. The fourth-order valence-corrected chi connectivity index (χ4v) is 2.66. The second-order valence-corrected chi connectivity index (χ2v) is 6.11. The molecule has 0 atom stereocenters. The van der Waals surface area contributed by atoms with Gasteiger partial charge in [0.25, 0.3) is 0 Å². The zero-order valence-electron chi connectivity index (χ0n) is 14.4. The monoisotopic (exact) mass is 413 g/mol. The number of benzene rings is 1. The molecular formula is C18H15ClF3N3O3. The molecule has 0 fully saturated rings. The van der Waals surface area contributed by atoms with Gasteiger partial charge in [-0.1, -0.05) is 17.7 Å². The van der Waals surface area contributed by atoms with E-state index in [2.05, 4.69) is 10.1 Å². The Morgan fingerprint density at radius 2 is 1.89 bits per heavy atom. The van der Waals surface area contributed by atoms with E-state index in [4.69, 9.17) is 26.2 Å². The number of pyridine rings is 1. The van der Waals surface area contributed by atoms with Crippen LogP contribution < -0.4 is 4.74 Å². The predicted molar refractivity (Wildman–Crippen MR) is 94.0 cm³/mol. The summed E-state index contributed by atoms with van der Waals surface area (Å²) < 4.78 is 51.5. The first-order valence-electron chi connectivity index (χ1n) is 8.05. The second-order valence-electron chi connectivity index (χ2n) is 5.67. The molecule has 3 rings (SSSR count). The Labute approximate surface area is 163 Å². The molecule has 0 radical (unpaired) electrons. The lowest BCUT2D eigenvalue weighted by molar-refractivity contribution is -0.138. The molecule has 1 N–H and O–H groups in total. The molecule has 0 saturated carbocycles. The molecular weight excluding hydrogens is 399 g/mol. The molecule has 0 amide bonds. The van der Waals surface area contributed by atoms with E-state index in [-0.39, 0.29) is 29.7 Å². The number of halogens is 4. The van der Waals surface area contributed by atoms with Crippen LogP contribution in [0.2, 0.25) is 5.02 Å². The number of nitrogens with zero attached hydrogens (tertiary/aromatic N) is 3. The van der Waals surface area contributed by atoms with E-state index in [1.807, 2.05) is 0 Å². The molecule has 0 aliphatic carbocycles. The summed E-state index contributed by atoms with van der Waals surface area (Å²) in [7, 11) is 0. The maximum Gasteiger partial charge on any atom is 0.416 e. The van der Waals surface area contributed by atoms with Crippen LogP contribution in [0.3, 0.4) is 0 Å². The normalized spacial score (nSPS) is 11.6. The zero-order valence-corrected chi connectivity index (χ0v) is 15.1. The van der Waals surface area contributed by atoms with Crippen molar-refractivity contribution >= 4 is 11.6 Å². The zero-order chi connectivity index (χ0) is 20.1. The third-order valence-corrected chi connectivity index (χ3v) is 3.98. The van der Waals surface area contributed by atoms with Crippen LogP contribution in [0.4, 0.5) is 13.2 Å². The maximum atomic E-state index is 13.2. The summed E-state index contributed by atoms with van der Waals surface area (Å²) in [5, 5.41) is 12.8. The van der Waals surface area contributed by atoms with E-state index in [0.717, 1.165) is 11.6 Å². The first kappa shape index (κ1) is 20.1. The number of ether oxygens (including phenoxy) is 2. The first-order chi connectivity index (χ1) is 13.4. The van der Waals surface area contributed by atoms with Gasteiger partial charge in [0.1, 0.15) is 13.4 Å². The molecule has 6 nitrogen and oxygen atoms in total. The Morgan fingerprint density at radius 3 is 2.64 bits per heavy atom. The Kier molecular flexibility index (Phi) is 6.18. The van der Waals surface area contributed by atoms with Crippen LogP contribution in [-0.2, 0) is 24.1 Å². The summed E-state index contributed by atoms with van der Waals surface area (Å²) in [4.78, 5) is 4.18. The van der Waals surface area contributed by atoms with Gasteiger partial charge in [-0.25, -0.2) is 4.98 Å². The van der Waals surface area contributed by atoms with Gasteiger partial charge in [-0.05, 0) is 29.8 Å². The number of rotatable bonds is 7. The highest BCUT2D eigenvalue weighted by molar-refractivity contribution is 6.30. The van der Waals surface area contributed by atoms with Gasteiger partial charge in [0.05, 0.1) is 18.4 Å². The fraction of sp³-hybridized carbons (Fsp3) is 0.222. The van der Waals surface area contributed by atoms with Crippen LogP contribution in [0.5, 0.6) is 5.88 Å². The summed E-state index contributed by atoms with van der Waals surface area (Å²) in [5.74, 6) is 0.613. The predicted octanol–water partition coefficient (Wildman–Crippen LogP) is 3.98. The van der Waals surface area contributed by atoms with Gasteiger partial charge < -0.3 is 14.6 Å². The molecule has 0 saturated heterocycles. The number of alkyl halides is 3. The van der Waals surface area contributed by atoms with Crippen LogP contribution in [-0.4, -0.2) is 26.7 Å². The highest BCUT2D eigenvalue weighted by atomic mass is 35.5. The third-order valence-electron chi connectivity index (χ3n) is 3.75. The number of aliphatic hydroxyl groups excluding tert-OH is 1. The molecule has 0 aliphatic heterocycles. The van der Waals surface area contributed by atoms with Crippen molar-refractivity contribution in [1.29, 1.82) is 0 Å². The minimum atomic E-state index is -4.55. The molecule has 0 spiro atoms. The quantitative estimate of drug-likeness (QED) is 0.593. The number of aromatic nitrogens is 3. The summed E-state index contributed by atoms with van der Waals surface area (Å²) in [6.45, 7) is -0.579. The van der Waals surface area contributed by atoms with E-state index in [0.29, 0.717) is 5.82 Å². The lowest BCUT2D eigenvalue weighted by Crippen LogP contribution is -2.12. The first-order valence-corrected chi connectivity index (χ1v) is 8.42. The van der Waals surface area contributed by atoms with Crippen molar-refractivity contribution in [1.82, 2.24) is 14.8 Å². The van der Waals surface area contributed by atoms with Crippen LogP contribution >= 0.6 is 11.6 Å². The van der Waals surface area contributed by atoms with Crippen LogP contribution in [0.1, 0.15) is 16.7 Å². The second kappa shape index (κ2) is 8.59. The van der Waals surface area contributed by atoms with Gasteiger partial charge >= 0.3 is 6.18 Å². The minimum absolute atomic E-state index is 0.00719. The highest BCUT2D eigenvalue weighted by Gasteiger charge is 2.33. The standard InChI is InChI=1S/C18H15ClF3N3O3/c19-14-2-1-13(15(8-14)18(20,21)22)10-28-17-4-6-24-25(17)16-7-12(3-5-23-16)9-27-11-26/h1-8,26H,9-11H2. The molecule has 0 unspecified atom stereocenters. The summed E-state index contributed by atoms with van der Waals surface area (Å²) in [6, 6.07) is 8.40. The molecule has 10 heteroatoms. The molecule has 3 aromatic rings. The molecule has 2 heterocycles. The third kappa shape index (κ3) is 4.80. The molecule has 0 aliphatic rings. The van der Waals surface area contributed by atoms with Crippen molar-refractivity contribution in [2.75, 3.05) is 6.79 Å². The molecule has 0 bridgehead atoms. The summed E-state index contributed by atoms with van der Waals surface area (Å²) in [6.07, 6.45) is -1.58. The van der Waals surface area contributed by atoms with Gasteiger partial charge in [-0.15, -0.1) is 0 Å². The molecule has 2 aromatic heterocycles. The van der Waals surface area contributed by atoms with Crippen molar-refractivity contribution < 1.29 is 27.8 Å². The Hall–Kier alpha value is -2.62. The van der Waals surface area contributed by atoms with E-state index in [9.17, 15) is 13.2 Å². The van der Waals surface area contributed by atoms with Crippen molar-refractivity contribution in [3.05, 3.63) is 70.5 Å². The highest BCUT2D eigenvalue weighted by Crippen LogP contribution is 2.34. The molecule has 28 heavy (non-hydrogen) atoms. The topological polar surface area (TPSA) is 69.4 Å². The van der Waals surface area contributed by atoms with Crippen LogP contribution in [0, 0.1) is 0 Å². The van der Waals surface area contributed by atoms with Crippen molar-refractivity contribution in [2.24, 2.45) is 0 Å². The van der Waals surface area contributed by atoms with Gasteiger partial charge in [0.15, 0.2) is 5.82 Å². The lowest BCUT2D eigenvalue weighted by atomic mass is 10.1. The van der Waals surface area contributed by atoms with Crippen molar-refractivity contribution in [3.63, 3.8) is 0 Å². The summed E-state index contributed by atoms with van der Waals surface area (Å²) >= 11 is 5.69. The smallest absolute Gasteiger partial charge is 0.416 e. The van der Waals surface area contributed by atoms with Crippen LogP contribution in [0.25, 0.3) is 5.82 Å². The van der Waals surface area contributed by atoms with Gasteiger partial charge in [-0.2, -0.15) is 23.0 Å². The Morgan fingerprint density at radius 1 is 1.07 bits per heavy atom. The lowest BCUT2D eigenvalue weighted by Gasteiger charge is -2.14. The molecule has 148 valence electrons. The van der Waals surface area contributed by atoms with Gasteiger partial charge in [-0.3, -0.25) is 0 Å². The molecule has 1 aromatic carbocycles. The van der Waals surface area contributed by atoms with E-state index in [1.165, 1.54) is 35.3 Å². The summed E-state index contributed by atoms with van der Waals surface area (Å²) in [5.41, 5.74) is -0.174. The van der Waals surface area contributed by atoms with E-state index < -0.39 is 18.5 Å². The van der Waals surface area contributed by atoms with Gasteiger partial charge in [0.2, 0.25) is 5.88 Å². The maximum absolute atomic E-state index is 13.2.